The summed E-state index contributed by atoms with van der Waals surface area (Å²) in [6.07, 6.45) is 2.65. The van der Waals surface area contributed by atoms with E-state index in [0.717, 1.165) is 22.8 Å². The fourth-order valence-electron chi connectivity index (χ4n) is 2.46. The first-order valence-electron chi connectivity index (χ1n) is 7.83. The van der Waals surface area contributed by atoms with Gasteiger partial charge in [0.25, 0.3) is 5.91 Å². The monoisotopic (exact) mass is 405 g/mol. The molecule has 0 saturated heterocycles. The number of sulfonamides is 1. The predicted molar refractivity (Wildman–Crippen MR) is 105 cm³/mol. The molecule has 0 saturated carbocycles. The lowest BCUT2D eigenvalue weighted by atomic mass is 10.1. The Balaban J connectivity index is 1.89. The molecule has 6 nitrogen and oxygen atoms in total. The third kappa shape index (κ3) is 4.89. The summed E-state index contributed by atoms with van der Waals surface area (Å²) in [6.45, 7) is 1.77. The van der Waals surface area contributed by atoms with Crippen molar-refractivity contribution < 1.29 is 17.6 Å². The van der Waals surface area contributed by atoms with Crippen molar-refractivity contribution >= 4 is 38.8 Å². The first-order chi connectivity index (χ1) is 12.7. The minimum Gasteiger partial charge on any atom is -0.322 e. The summed E-state index contributed by atoms with van der Waals surface area (Å²) in [5.41, 5.74) is 2.20. The quantitative estimate of drug-likeness (QED) is 0.674. The average molecular weight is 405 g/mol. The van der Waals surface area contributed by atoms with E-state index in [1.165, 1.54) is 23.7 Å². The van der Waals surface area contributed by atoms with Crippen molar-refractivity contribution in [3.63, 3.8) is 0 Å². The van der Waals surface area contributed by atoms with Crippen molar-refractivity contribution in [3.8, 4) is 10.4 Å². The molecular weight excluding hydrogens is 389 g/mol. The summed E-state index contributed by atoms with van der Waals surface area (Å²) in [5.74, 6) is -1.03. The van der Waals surface area contributed by atoms with Gasteiger partial charge < -0.3 is 5.32 Å². The first kappa shape index (κ1) is 19.0. The summed E-state index contributed by atoms with van der Waals surface area (Å²) < 4.78 is 43.1. The Morgan fingerprint density at radius 2 is 1.93 bits per heavy atom. The second-order valence-corrected chi connectivity index (χ2v) is 8.54. The number of aryl methyl sites for hydroxylation is 1. The van der Waals surface area contributed by atoms with Gasteiger partial charge in [-0.3, -0.25) is 9.52 Å². The number of rotatable bonds is 5. The normalized spacial score (nSPS) is 11.2. The molecule has 0 radical (unpaired) electrons. The van der Waals surface area contributed by atoms with Crippen molar-refractivity contribution in [2.45, 2.75) is 6.92 Å². The molecule has 27 heavy (non-hydrogen) atoms. The topological polar surface area (TPSA) is 88.2 Å². The number of anilines is 2. The average Bonchev–Trinajstić information content (AvgIpc) is 3.10. The first-order valence-corrected chi connectivity index (χ1v) is 10.5. The molecule has 0 spiro atoms. The zero-order chi connectivity index (χ0) is 19.6. The molecule has 2 aromatic carbocycles. The van der Waals surface area contributed by atoms with Crippen LogP contribution in [-0.2, 0) is 10.0 Å². The smallest absolute Gasteiger partial charge is 0.255 e. The lowest BCUT2D eigenvalue weighted by molar-refractivity contribution is 0.102. The number of carbonyl (C=O) groups is 1. The van der Waals surface area contributed by atoms with Crippen LogP contribution in [0.1, 0.15) is 15.9 Å². The van der Waals surface area contributed by atoms with Crippen LogP contribution < -0.4 is 10.0 Å². The van der Waals surface area contributed by atoms with E-state index in [-0.39, 0.29) is 5.56 Å². The number of hydrogen-bond acceptors (Lipinski definition) is 5. The second-order valence-electron chi connectivity index (χ2n) is 5.96. The third-order valence-electron chi connectivity index (χ3n) is 3.67. The summed E-state index contributed by atoms with van der Waals surface area (Å²) >= 11 is 1.21. The number of hydrogen-bond donors (Lipinski definition) is 2. The standard InChI is InChI=1S/C18H16FN3O3S2/c1-11-3-4-15(22-27(2,24)25)10-16(11)21-18(23)13-7-12(8-14(19)9-13)17-5-6-20-26-17/h3-10,22H,1-2H3,(H,21,23). The van der Waals surface area contributed by atoms with Crippen molar-refractivity contribution in [2.75, 3.05) is 16.3 Å². The molecule has 1 amide bonds. The Kier molecular flexibility index (Phi) is 5.24. The maximum absolute atomic E-state index is 14.0. The SMILES string of the molecule is Cc1ccc(NS(C)(=O)=O)cc1NC(=O)c1cc(F)cc(-c2ccns2)c1. The second kappa shape index (κ2) is 7.45. The summed E-state index contributed by atoms with van der Waals surface area (Å²) in [5, 5.41) is 2.70. The fourth-order valence-corrected chi connectivity index (χ4v) is 3.59. The Morgan fingerprint density at radius 1 is 1.15 bits per heavy atom. The van der Waals surface area contributed by atoms with Gasteiger partial charge in [-0.05, 0) is 66.0 Å². The van der Waals surface area contributed by atoms with E-state index in [1.807, 2.05) is 0 Å². The van der Waals surface area contributed by atoms with Gasteiger partial charge in [-0.1, -0.05) is 6.07 Å². The number of halogens is 1. The Hall–Kier alpha value is -2.78. The molecule has 2 N–H and O–H groups in total. The number of nitrogens with one attached hydrogen (secondary N) is 2. The van der Waals surface area contributed by atoms with Gasteiger partial charge in [-0.15, -0.1) is 0 Å². The molecule has 0 unspecified atom stereocenters. The molecule has 0 bridgehead atoms. The predicted octanol–water partition coefficient (Wildman–Crippen LogP) is 3.88. The summed E-state index contributed by atoms with van der Waals surface area (Å²) in [6, 6.07) is 10.6. The summed E-state index contributed by atoms with van der Waals surface area (Å²) in [4.78, 5) is 13.4. The number of amides is 1. The molecule has 9 heteroatoms. The highest BCUT2D eigenvalue weighted by Gasteiger charge is 2.13. The van der Waals surface area contributed by atoms with Gasteiger partial charge in [0.2, 0.25) is 10.0 Å². The number of carbonyl (C=O) groups excluding carboxylic acids is 1. The van der Waals surface area contributed by atoms with Crippen LogP contribution in [0, 0.1) is 12.7 Å². The maximum Gasteiger partial charge on any atom is 0.255 e. The van der Waals surface area contributed by atoms with Crippen molar-refractivity contribution in [1.82, 2.24) is 4.37 Å². The van der Waals surface area contributed by atoms with Crippen LogP contribution in [0.2, 0.25) is 0 Å². The van der Waals surface area contributed by atoms with Gasteiger partial charge in [-0.25, -0.2) is 17.2 Å². The van der Waals surface area contributed by atoms with E-state index in [0.29, 0.717) is 16.9 Å². The van der Waals surface area contributed by atoms with Gasteiger partial charge in [0.15, 0.2) is 0 Å². The third-order valence-corrected chi connectivity index (χ3v) is 5.07. The van der Waals surface area contributed by atoms with E-state index in [9.17, 15) is 17.6 Å². The molecule has 0 aliphatic heterocycles. The van der Waals surface area contributed by atoms with Crippen LogP contribution in [0.4, 0.5) is 15.8 Å². The lowest BCUT2D eigenvalue weighted by Crippen LogP contribution is -2.14. The van der Waals surface area contributed by atoms with E-state index < -0.39 is 21.7 Å². The van der Waals surface area contributed by atoms with E-state index >= 15 is 0 Å². The van der Waals surface area contributed by atoms with Crippen LogP contribution in [0.25, 0.3) is 10.4 Å². The van der Waals surface area contributed by atoms with Gasteiger partial charge in [0.1, 0.15) is 5.82 Å². The summed E-state index contributed by atoms with van der Waals surface area (Å²) in [7, 11) is -3.44. The number of benzene rings is 2. The molecular formula is C18H16FN3O3S2. The van der Waals surface area contributed by atoms with Gasteiger partial charge in [-0.2, -0.15) is 0 Å². The maximum atomic E-state index is 14.0. The molecule has 0 aliphatic rings. The van der Waals surface area contributed by atoms with Gasteiger partial charge in [0, 0.05) is 17.4 Å². The molecule has 3 aromatic rings. The molecule has 3 rings (SSSR count). The van der Waals surface area contributed by atoms with Crippen LogP contribution >= 0.6 is 11.5 Å². The molecule has 140 valence electrons. The van der Waals surface area contributed by atoms with Crippen molar-refractivity contribution in [3.05, 3.63) is 65.6 Å². The Labute approximate surface area is 160 Å². The molecule has 1 aromatic heterocycles. The molecule has 0 fully saturated rings. The number of nitrogens with zero attached hydrogens (tertiary/aromatic N) is 1. The molecule has 0 atom stereocenters. The van der Waals surface area contributed by atoms with Crippen LogP contribution in [-0.4, -0.2) is 25.0 Å². The minimum atomic E-state index is -3.44. The van der Waals surface area contributed by atoms with Crippen LogP contribution in [0.15, 0.2) is 48.7 Å². The van der Waals surface area contributed by atoms with Crippen LogP contribution in [0.5, 0.6) is 0 Å². The van der Waals surface area contributed by atoms with E-state index in [1.54, 1.807) is 37.4 Å². The number of aromatic nitrogens is 1. The zero-order valence-corrected chi connectivity index (χ0v) is 16.1. The van der Waals surface area contributed by atoms with Crippen LogP contribution in [0.3, 0.4) is 0 Å². The Morgan fingerprint density at radius 3 is 2.59 bits per heavy atom. The van der Waals surface area contributed by atoms with Gasteiger partial charge >= 0.3 is 0 Å². The largest absolute Gasteiger partial charge is 0.322 e. The lowest BCUT2D eigenvalue weighted by Gasteiger charge is -2.12. The Bertz CT molecular complexity index is 1100. The van der Waals surface area contributed by atoms with E-state index in [2.05, 4.69) is 14.4 Å². The highest BCUT2D eigenvalue weighted by molar-refractivity contribution is 7.92. The van der Waals surface area contributed by atoms with E-state index in [4.69, 9.17) is 0 Å². The zero-order valence-electron chi connectivity index (χ0n) is 14.5. The van der Waals surface area contributed by atoms with Gasteiger partial charge in [0.05, 0.1) is 16.8 Å². The molecule has 1 heterocycles. The fraction of sp³-hybridized carbons (Fsp3) is 0.111. The minimum absolute atomic E-state index is 0.152. The van der Waals surface area contributed by atoms with Crippen molar-refractivity contribution in [2.24, 2.45) is 0 Å². The highest BCUT2D eigenvalue weighted by atomic mass is 32.2. The molecule has 0 aliphatic carbocycles. The van der Waals surface area contributed by atoms with Crippen molar-refractivity contribution in [1.29, 1.82) is 0 Å². The highest BCUT2D eigenvalue weighted by Crippen LogP contribution is 2.26.